The zero-order valence-electron chi connectivity index (χ0n) is 9.61. The van der Waals surface area contributed by atoms with Gasteiger partial charge in [0, 0.05) is 5.75 Å². The molecule has 1 aliphatic rings. The van der Waals surface area contributed by atoms with E-state index in [9.17, 15) is 9.59 Å². The predicted molar refractivity (Wildman–Crippen MR) is 67.0 cm³/mol. The molecule has 0 radical (unpaired) electrons. The average Bonchev–Trinajstić information content (AvgIpc) is 2.86. The molecule has 1 N–H and O–H groups in total. The lowest BCUT2D eigenvalue weighted by molar-refractivity contribution is -0.140. The van der Waals surface area contributed by atoms with Gasteiger partial charge in [0.1, 0.15) is 12.6 Å². The van der Waals surface area contributed by atoms with Crippen molar-refractivity contribution in [1.29, 1.82) is 0 Å². The van der Waals surface area contributed by atoms with Crippen molar-refractivity contribution in [3.05, 3.63) is 35.9 Å². The molecule has 6 heteroatoms. The lowest BCUT2D eigenvalue weighted by atomic mass is 10.2. The molecule has 1 atom stereocenters. The predicted octanol–water partition coefficient (Wildman–Crippen LogP) is 2.13. The second kappa shape index (κ2) is 5.77. The van der Waals surface area contributed by atoms with Crippen LogP contribution in [0.15, 0.2) is 30.3 Å². The summed E-state index contributed by atoms with van der Waals surface area (Å²) >= 11 is 1.20. The third-order valence-corrected chi connectivity index (χ3v) is 3.67. The molecule has 1 heterocycles. The van der Waals surface area contributed by atoms with Crippen molar-refractivity contribution in [2.45, 2.75) is 19.1 Å². The number of hydrogen-bond acceptors (Lipinski definition) is 4. The van der Waals surface area contributed by atoms with Crippen LogP contribution in [-0.4, -0.2) is 33.3 Å². The van der Waals surface area contributed by atoms with E-state index in [1.54, 1.807) is 0 Å². The first-order valence-electron chi connectivity index (χ1n) is 5.54. The van der Waals surface area contributed by atoms with Gasteiger partial charge in [-0.05, 0) is 23.9 Å². The highest BCUT2D eigenvalue weighted by Gasteiger charge is 2.36. The highest BCUT2D eigenvalue weighted by molar-refractivity contribution is 7.97. The highest BCUT2D eigenvalue weighted by atomic mass is 32.2. The molecule has 0 aromatic heterocycles. The molecule has 5 nitrogen and oxygen atoms in total. The number of carbonyl (C=O) groups excluding carboxylic acids is 1. The number of carboxylic acid groups (broad SMARTS) is 1. The molecular weight excluding hydrogens is 254 g/mol. The minimum absolute atomic E-state index is 0.156. The normalized spacial score (nSPS) is 18.7. The minimum atomic E-state index is -0.989. The second-order valence-electron chi connectivity index (χ2n) is 3.84. The van der Waals surface area contributed by atoms with Gasteiger partial charge in [-0.3, -0.25) is 0 Å². The Morgan fingerprint density at radius 1 is 1.39 bits per heavy atom. The molecule has 1 unspecified atom stereocenters. The monoisotopic (exact) mass is 267 g/mol. The van der Waals surface area contributed by atoms with Gasteiger partial charge in [-0.1, -0.05) is 30.3 Å². The standard InChI is InChI=1S/C12H13NO4S/c14-11(15)10-6-7-18-13(10)12(16)17-8-9-4-2-1-3-5-9/h1-5,10H,6-8H2,(H,14,15). The smallest absolute Gasteiger partial charge is 0.421 e. The van der Waals surface area contributed by atoms with Crippen molar-refractivity contribution in [2.75, 3.05) is 5.75 Å². The molecule has 1 aromatic carbocycles. The Morgan fingerprint density at radius 3 is 2.78 bits per heavy atom. The highest BCUT2D eigenvalue weighted by Crippen LogP contribution is 2.28. The summed E-state index contributed by atoms with van der Waals surface area (Å²) in [6, 6.07) is 8.50. The van der Waals surface area contributed by atoms with E-state index in [1.807, 2.05) is 30.3 Å². The molecule has 1 amide bonds. The zero-order valence-corrected chi connectivity index (χ0v) is 10.4. The van der Waals surface area contributed by atoms with Crippen molar-refractivity contribution in [3.8, 4) is 0 Å². The van der Waals surface area contributed by atoms with Gasteiger partial charge < -0.3 is 9.84 Å². The Balaban J connectivity index is 1.90. The summed E-state index contributed by atoms with van der Waals surface area (Å²) in [5, 5.41) is 8.96. The summed E-state index contributed by atoms with van der Waals surface area (Å²) in [5.41, 5.74) is 0.877. The molecule has 1 aromatic rings. The van der Waals surface area contributed by atoms with E-state index in [0.29, 0.717) is 12.2 Å². The zero-order chi connectivity index (χ0) is 13.0. The van der Waals surface area contributed by atoms with Gasteiger partial charge in [0.2, 0.25) is 0 Å². The first-order chi connectivity index (χ1) is 8.68. The maximum atomic E-state index is 11.8. The fourth-order valence-electron chi connectivity index (χ4n) is 1.66. The largest absolute Gasteiger partial charge is 0.480 e. The molecule has 1 fully saturated rings. The minimum Gasteiger partial charge on any atom is -0.480 e. The first kappa shape index (κ1) is 12.8. The van der Waals surface area contributed by atoms with Gasteiger partial charge in [-0.2, -0.15) is 0 Å². The van der Waals surface area contributed by atoms with Crippen molar-refractivity contribution >= 4 is 24.0 Å². The Morgan fingerprint density at radius 2 is 2.11 bits per heavy atom. The molecule has 1 aliphatic heterocycles. The van der Waals surface area contributed by atoms with Crippen molar-refractivity contribution < 1.29 is 19.4 Å². The summed E-state index contributed by atoms with van der Waals surface area (Å²) < 4.78 is 6.29. The van der Waals surface area contributed by atoms with Crippen molar-refractivity contribution in [1.82, 2.24) is 4.31 Å². The number of carbonyl (C=O) groups is 2. The summed E-state index contributed by atoms with van der Waals surface area (Å²) in [5.74, 6) is -0.367. The van der Waals surface area contributed by atoms with Gasteiger partial charge >= 0.3 is 12.1 Å². The number of aliphatic carboxylic acids is 1. The quantitative estimate of drug-likeness (QED) is 0.850. The fraction of sp³-hybridized carbons (Fsp3) is 0.333. The van der Waals surface area contributed by atoms with Crippen LogP contribution in [-0.2, 0) is 16.1 Å². The summed E-state index contributed by atoms with van der Waals surface area (Å²) in [6.45, 7) is 0.156. The number of hydrogen-bond donors (Lipinski definition) is 1. The van der Waals surface area contributed by atoms with Gasteiger partial charge in [0.25, 0.3) is 0 Å². The Kier molecular flexibility index (Phi) is 4.09. The van der Waals surface area contributed by atoms with Crippen LogP contribution in [0.2, 0.25) is 0 Å². The summed E-state index contributed by atoms with van der Waals surface area (Å²) in [7, 11) is 0. The molecule has 18 heavy (non-hydrogen) atoms. The second-order valence-corrected chi connectivity index (χ2v) is 4.90. The maximum absolute atomic E-state index is 11.8. The van der Waals surface area contributed by atoms with Crippen LogP contribution >= 0.6 is 11.9 Å². The summed E-state index contributed by atoms with van der Waals surface area (Å²) in [6.07, 6.45) is -0.130. The fourth-order valence-corrected chi connectivity index (χ4v) is 2.72. The molecular formula is C12H13NO4S. The molecule has 2 rings (SSSR count). The average molecular weight is 267 g/mol. The lowest BCUT2D eigenvalue weighted by Gasteiger charge is -2.19. The van der Waals surface area contributed by atoms with E-state index < -0.39 is 18.1 Å². The van der Waals surface area contributed by atoms with Gasteiger partial charge in [0.15, 0.2) is 0 Å². The number of amides is 1. The van der Waals surface area contributed by atoms with Gasteiger partial charge in [-0.25, -0.2) is 13.9 Å². The Hall–Kier alpha value is -1.69. The molecule has 0 saturated carbocycles. The molecule has 1 saturated heterocycles. The maximum Gasteiger partial charge on any atom is 0.421 e. The van der Waals surface area contributed by atoms with Crippen LogP contribution in [0, 0.1) is 0 Å². The SMILES string of the molecule is O=C(O)C1CCSN1C(=O)OCc1ccccc1. The van der Waals surface area contributed by atoms with E-state index in [2.05, 4.69) is 0 Å². The van der Waals surface area contributed by atoms with E-state index in [1.165, 1.54) is 16.3 Å². The van der Waals surface area contributed by atoms with E-state index >= 15 is 0 Å². The van der Waals surface area contributed by atoms with Crippen LogP contribution in [0.1, 0.15) is 12.0 Å². The van der Waals surface area contributed by atoms with E-state index in [0.717, 1.165) is 5.56 Å². The Bertz CT molecular complexity index is 437. The van der Waals surface area contributed by atoms with E-state index in [4.69, 9.17) is 9.84 Å². The third kappa shape index (κ3) is 2.95. The number of benzene rings is 1. The molecule has 0 spiro atoms. The molecule has 0 bridgehead atoms. The lowest BCUT2D eigenvalue weighted by Crippen LogP contribution is -2.36. The van der Waals surface area contributed by atoms with Crippen LogP contribution < -0.4 is 0 Å². The van der Waals surface area contributed by atoms with Crippen LogP contribution in [0.25, 0.3) is 0 Å². The van der Waals surface area contributed by atoms with Crippen LogP contribution in [0.4, 0.5) is 4.79 Å². The number of carboxylic acids is 1. The van der Waals surface area contributed by atoms with Crippen molar-refractivity contribution in [3.63, 3.8) is 0 Å². The van der Waals surface area contributed by atoms with Crippen molar-refractivity contribution in [2.24, 2.45) is 0 Å². The van der Waals surface area contributed by atoms with Gasteiger partial charge in [-0.15, -0.1) is 0 Å². The summed E-state index contributed by atoms with van der Waals surface area (Å²) in [4.78, 5) is 22.7. The van der Waals surface area contributed by atoms with Crippen LogP contribution in [0.5, 0.6) is 0 Å². The molecule has 0 aliphatic carbocycles. The van der Waals surface area contributed by atoms with Gasteiger partial charge in [0.05, 0.1) is 0 Å². The first-order valence-corrected chi connectivity index (χ1v) is 6.48. The Labute approximate surface area is 109 Å². The molecule has 96 valence electrons. The number of nitrogens with zero attached hydrogens (tertiary/aromatic N) is 1. The van der Waals surface area contributed by atoms with E-state index in [-0.39, 0.29) is 6.61 Å². The number of ether oxygens (including phenoxy) is 1. The third-order valence-electron chi connectivity index (χ3n) is 2.57. The number of rotatable bonds is 3. The topological polar surface area (TPSA) is 66.8 Å². The van der Waals surface area contributed by atoms with Crippen LogP contribution in [0.3, 0.4) is 0 Å².